The van der Waals surface area contributed by atoms with Crippen molar-refractivity contribution in [2.24, 2.45) is 0 Å². The minimum Gasteiger partial charge on any atom is -0.323 e. The molecular weight excluding hydrogens is 232 g/mol. The Labute approximate surface area is 114 Å². The molecule has 0 spiro atoms. The molecule has 0 aliphatic heterocycles. The zero-order valence-electron chi connectivity index (χ0n) is 11.1. The average molecular weight is 250 g/mol. The van der Waals surface area contributed by atoms with Gasteiger partial charge in [-0.3, -0.25) is 5.41 Å². The zero-order valence-corrected chi connectivity index (χ0v) is 11.1. The Bertz CT molecular complexity index is 573. The predicted molar refractivity (Wildman–Crippen MR) is 82.0 cm³/mol. The van der Waals surface area contributed by atoms with Gasteiger partial charge in [-0.15, -0.1) is 6.58 Å². The third-order valence-corrected chi connectivity index (χ3v) is 3.05. The van der Waals surface area contributed by atoms with Crippen LogP contribution in [0.1, 0.15) is 11.1 Å². The second kappa shape index (κ2) is 6.01. The fraction of sp³-hybridized carbons (Fsp3) is 0.118. The lowest BCUT2D eigenvalue weighted by molar-refractivity contribution is 1.12. The third kappa shape index (κ3) is 2.91. The van der Waals surface area contributed by atoms with Gasteiger partial charge in [0.05, 0.1) is 0 Å². The van der Waals surface area contributed by atoms with Gasteiger partial charge >= 0.3 is 0 Å². The number of benzene rings is 2. The van der Waals surface area contributed by atoms with Gasteiger partial charge in [0.25, 0.3) is 0 Å². The van der Waals surface area contributed by atoms with Crippen LogP contribution in [0.25, 0.3) is 0 Å². The van der Waals surface area contributed by atoms with Crippen molar-refractivity contribution in [2.75, 3.05) is 11.4 Å². The van der Waals surface area contributed by atoms with Crippen LogP contribution in [0.4, 0.5) is 5.69 Å². The fourth-order valence-corrected chi connectivity index (χ4v) is 2.05. The van der Waals surface area contributed by atoms with E-state index >= 15 is 0 Å². The van der Waals surface area contributed by atoms with Crippen LogP contribution in [0.15, 0.2) is 67.3 Å². The van der Waals surface area contributed by atoms with Gasteiger partial charge in [-0.2, -0.15) is 0 Å². The van der Waals surface area contributed by atoms with Crippen LogP contribution in [-0.4, -0.2) is 12.4 Å². The molecule has 0 atom stereocenters. The largest absolute Gasteiger partial charge is 0.323 e. The van der Waals surface area contributed by atoms with Crippen LogP contribution in [0.2, 0.25) is 0 Å². The Hall–Kier alpha value is -2.35. The summed E-state index contributed by atoms with van der Waals surface area (Å²) in [6, 6.07) is 17.9. The van der Waals surface area contributed by atoms with E-state index in [1.54, 1.807) is 0 Å². The minimum absolute atomic E-state index is 0.504. The van der Waals surface area contributed by atoms with E-state index in [-0.39, 0.29) is 0 Å². The van der Waals surface area contributed by atoms with E-state index in [4.69, 9.17) is 5.41 Å². The first-order valence-corrected chi connectivity index (χ1v) is 6.32. The van der Waals surface area contributed by atoms with Gasteiger partial charge in [0, 0.05) is 17.8 Å². The molecule has 0 radical (unpaired) electrons. The van der Waals surface area contributed by atoms with Gasteiger partial charge < -0.3 is 4.90 Å². The minimum atomic E-state index is 0.504. The van der Waals surface area contributed by atoms with Gasteiger partial charge in [0.1, 0.15) is 5.84 Å². The predicted octanol–water partition coefficient (Wildman–Crippen LogP) is 4.01. The van der Waals surface area contributed by atoms with E-state index in [0.29, 0.717) is 12.4 Å². The molecule has 0 saturated heterocycles. The number of hydrogen-bond donors (Lipinski definition) is 1. The number of anilines is 1. The Morgan fingerprint density at radius 1 is 1.11 bits per heavy atom. The first-order valence-electron chi connectivity index (χ1n) is 6.32. The molecule has 96 valence electrons. The summed E-state index contributed by atoms with van der Waals surface area (Å²) in [4.78, 5) is 1.95. The van der Waals surface area contributed by atoms with Crippen molar-refractivity contribution in [2.45, 2.75) is 6.92 Å². The lowest BCUT2D eigenvalue weighted by atomic mass is 10.1. The van der Waals surface area contributed by atoms with Crippen molar-refractivity contribution in [3.05, 3.63) is 78.4 Å². The van der Waals surface area contributed by atoms with Gasteiger partial charge in [0.2, 0.25) is 0 Å². The molecule has 2 heteroatoms. The highest BCUT2D eigenvalue weighted by Gasteiger charge is 2.13. The molecule has 1 N–H and O–H groups in total. The molecule has 0 heterocycles. The maximum absolute atomic E-state index is 8.45. The summed E-state index contributed by atoms with van der Waals surface area (Å²) < 4.78 is 0. The monoisotopic (exact) mass is 250 g/mol. The summed E-state index contributed by atoms with van der Waals surface area (Å²) in [6.45, 7) is 6.44. The van der Waals surface area contributed by atoms with E-state index in [2.05, 4.69) is 6.58 Å². The van der Waals surface area contributed by atoms with Crippen molar-refractivity contribution < 1.29 is 0 Å². The van der Waals surface area contributed by atoms with E-state index in [9.17, 15) is 0 Å². The molecule has 0 saturated carbocycles. The molecule has 0 fully saturated rings. The van der Waals surface area contributed by atoms with Gasteiger partial charge in [-0.05, 0) is 24.6 Å². The van der Waals surface area contributed by atoms with Crippen LogP contribution in [0, 0.1) is 12.3 Å². The molecule has 0 aromatic heterocycles. The maximum Gasteiger partial charge on any atom is 0.133 e. The highest BCUT2D eigenvalue weighted by Crippen LogP contribution is 2.18. The number of nitrogens with one attached hydrogen (secondary N) is 1. The lowest BCUT2D eigenvalue weighted by Gasteiger charge is -2.25. The maximum atomic E-state index is 8.45. The summed E-state index contributed by atoms with van der Waals surface area (Å²) in [5.41, 5.74) is 3.07. The van der Waals surface area contributed by atoms with Crippen LogP contribution in [0.5, 0.6) is 0 Å². The van der Waals surface area contributed by atoms with Crippen molar-refractivity contribution in [1.82, 2.24) is 0 Å². The molecule has 2 aromatic rings. The number of amidine groups is 1. The van der Waals surface area contributed by atoms with E-state index < -0.39 is 0 Å². The average Bonchev–Trinajstić information content (AvgIpc) is 2.45. The van der Waals surface area contributed by atoms with E-state index in [0.717, 1.165) is 16.8 Å². The van der Waals surface area contributed by atoms with Gasteiger partial charge in [-0.1, -0.05) is 48.5 Å². The van der Waals surface area contributed by atoms with E-state index in [1.807, 2.05) is 72.5 Å². The van der Waals surface area contributed by atoms with Crippen LogP contribution >= 0.6 is 0 Å². The SMILES string of the molecule is C=CCN(C(=N)c1ccccc1C)c1ccccc1. The lowest BCUT2D eigenvalue weighted by Crippen LogP contribution is -2.31. The summed E-state index contributed by atoms with van der Waals surface area (Å²) >= 11 is 0. The first kappa shape index (κ1) is 13.1. The summed E-state index contributed by atoms with van der Waals surface area (Å²) in [5, 5.41) is 8.45. The molecule has 0 aliphatic rings. The summed E-state index contributed by atoms with van der Waals surface area (Å²) in [6.07, 6.45) is 1.82. The molecular formula is C17H18N2. The molecule has 0 aliphatic carbocycles. The zero-order chi connectivity index (χ0) is 13.7. The van der Waals surface area contributed by atoms with Crippen molar-refractivity contribution in [3.8, 4) is 0 Å². The molecule has 0 unspecified atom stereocenters. The first-order chi connectivity index (χ1) is 9.24. The highest BCUT2D eigenvalue weighted by atomic mass is 15.2. The summed E-state index contributed by atoms with van der Waals surface area (Å²) in [5.74, 6) is 0.504. The normalized spacial score (nSPS) is 9.95. The summed E-state index contributed by atoms with van der Waals surface area (Å²) in [7, 11) is 0. The number of nitrogens with zero attached hydrogens (tertiary/aromatic N) is 1. The standard InChI is InChI=1S/C17H18N2/c1-3-13-19(15-10-5-4-6-11-15)17(18)16-12-8-7-9-14(16)2/h3-12,18H,1,13H2,2H3. The van der Waals surface area contributed by atoms with Crippen molar-refractivity contribution >= 4 is 11.5 Å². The van der Waals surface area contributed by atoms with Crippen molar-refractivity contribution in [1.29, 1.82) is 5.41 Å². The topological polar surface area (TPSA) is 27.1 Å². The second-order valence-electron chi connectivity index (χ2n) is 4.40. The van der Waals surface area contributed by atoms with E-state index in [1.165, 1.54) is 0 Å². The highest BCUT2D eigenvalue weighted by molar-refractivity contribution is 6.08. The van der Waals surface area contributed by atoms with Crippen LogP contribution in [-0.2, 0) is 0 Å². The van der Waals surface area contributed by atoms with Crippen LogP contribution in [0.3, 0.4) is 0 Å². The van der Waals surface area contributed by atoms with Crippen LogP contribution < -0.4 is 4.90 Å². The molecule has 2 rings (SSSR count). The fourth-order valence-electron chi connectivity index (χ4n) is 2.05. The molecule has 0 bridgehead atoms. The van der Waals surface area contributed by atoms with Crippen molar-refractivity contribution in [3.63, 3.8) is 0 Å². The molecule has 0 amide bonds. The Morgan fingerprint density at radius 2 is 1.74 bits per heavy atom. The molecule has 2 aromatic carbocycles. The Balaban J connectivity index is 2.38. The number of hydrogen-bond acceptors (Lipinski definition) is 1. The Kier molecular flexibility index (Phi) is 4.14. The smallest absolute Gasteiger partial charge is 0.133 e. The molecule has 2 nitrogen and oxygen atoms in total. The number of aryl methyl sites for hydroxylation is 1. The number of rotatable bonds is 4. The van der Waals surface area contributed by atoms with Gasteiger partial charge in [-0.25, -0.2) is 0 Å². The molecule has 19 heavy (non-hydrogen) atoms. The number of para-hydroxylation sites is 1. The van der Waals surface area contributed by atoms with Gasteiger partial charge in [0.15, 0.2) is 0 Å². The Morgan fingerprint density at radius 3 is 2.37 bits per heavy atom. The third-order valence-electron chi connectivity index (χ3n) is 3.05. The second-order valence-corrected chi connectivity index (χ2v) is 4.40. The quantitative estimate of drug-likeness (QED) is 0.495.